The maximum Gasteiger partial charge on any atom is 0.255 e. The first-order valence-electron chi connectivity index (χ1n) is 8.50. The van der Waals surface area contributed by atoms with E-state index in [1.54, 1.807) is 31.4 Å². The van der Waals surface area contributed by atoms with Gasteiger partial charge in [0.2, 0.25) is 0 Å². The highest BCUT2D eigenvalue weighted by molar-refractivity contribution is 6.04. The fourth-order valence-electron chi connectivity index (χ4n) is 2.74. The molecule has 0 atom stereocenters. The maximum atomic E-state index is 12.3. The zero-order valence-electron chi connectivity index (χ0n) is 14.4. The lowest BCUT2D eigenvalue weighted by Gasteiger charge is -2.13. The molecule has 0 spiro atoms. The van der Waals surface area contributed by atoms with Crippen molar-refractivity contribution in [2.75, 3.05) is 25.6 Å². The third-order valence-corrected chi connectivity index (χ3v) is 4.66. The van der Waals surface area contributed by atoms with Crippen LogP contribution in [-0.2, 0) is 6.54 Å². The third-order valence-electron chi connectivity index (χ3n) is 4.66. The molecule has 3 N–H and O–H groups in total. The molecule has 132 valence electrons. The van der Waals surface area contributed by atoms with Gasteiger partial charge in [0.15, 0.2) is 0 Å². The molecule has 0 unspecified atom stereocenters. The predicted molar refractivity (Wildman–Crippen MR) is 97.8 cm³/mol. The zero-order chi connectivity index (χ0) is 17.7. The van der Waals surface area contributed by atoms with Crippen LogP contribution in [0.25, 0.3) is 0 Å². The SMILES string of the molecule is COc1ccc(C(=O)Nc2cccc(CNCC3(CO)CC3)c2)cc1. The van der Waals surface area contributed by atoms with E-state index in [0.717, 1.165) is 36.4 Å². The molecule has 0 bridgehead atoms. The van der Waals surface area contributed by atoms with Crippen LogP contribution in [0, 0.1) is 5.41 Å². The average Bonchev–Trinajstić information content (AvgIpc) is 3.42. The van der Waals surface area contributed by atoms with Crippen LogP contribution in [0.4, 0.5) is 5.69 Å². The van der Waals surface area contributed by atoms with Crippen LogP contribution in [0.1, 0.15) is 28.8 Å². The minimum Gasteiger partial charge on any atom is -0.497 e. The Kier molecular flexibility index (Phi) is 5.36. The summed E-state index contributed by atoms with van der Waals surface area (Å²) in [6, 6.07) is 14.8. The quantitative estimate of drug-likeness (QED) is 0.691. The molecule has 1 aliphatic rings. The number of anilines is 1. The molecule has 2 aromatic carbocycles. The fourth-order valence-corrected chi connectivity index (χ4v) is 2.74. The number of rotatable bonds is 8. The van der Waals surface area contributed by atoms with E-state index in [1.165, 1.54) is 0 Å². The maximum absolute atomic E-state index is 12.3. The van der Waals surface area contributed by atoms with Gasteiger partial charge in [-0.25, -0.2) is 0 Å². The molecule has 0 radical (unpaired) electrons. The number of carbonyl (C=O) groups is 1. The molecule has 5 nitrogen and oxygen atoms in total. The van der Waals surface area contributed by atoms with Crippen LogP contribution >= 0.6 is 0 Å². The summed E-state index contributed by atoms with van der Waals surface area (Å²) in [7, 11) is 1.60. The first-order chi connectivity index (χ1) is 12.1. The first kappa shape index (κ1) is 17.5. The van der Waals surface area contributed by atoms with Gasteiger partial charge in [-0.2, -0.15) is 0 Å². The number of aliphatic hydroxyl groups is 1. The molecule has 2 aromatic rings. The fraction of sp³-hybridized carbons (Fsp3) is 0.350. The van der Waals surface area contributed by atoms with Crippen LogP contribution in [0.15, 0.2) is 48.5 Å². The lowest BCUT2D eigenvalue weighted by Crippen LogP contribution is -2.26. The highest BCUT2D eigenvalue weighted by atomic mass is 16.5. The van der Waals surface area contributed by atoms with Gasteiger partial charge in [0.05, 0.1) is 7.11 Å². The number of carbonyl (C=O) groups excluding carboxylic acids is 1. The number of benzene rings is 2. The van der Waals surface area contributed by atoms with Crippen molar-refractivity contribution in [1.29, 1.82) is 0 Å². The lowest BCUT2D eigenvalue weighted by atomic mass is 10.1. The summed E-state index contributed by atoms with van der Waals surface area (Å²) in [5.74, 6) is 0.575. The molecular weight excluding hydrogens is 316 g/mol. The van der Waals surface area contributed by atoms with Crippen molar-refractivity contribution in [2.24, 2.45) is 5.41 Å². The highest BCUT2D eigenvalue weighted by Crippen LogP contribution is 2.44. The van der Waals surface area contributed by atoms with Gasteiger partial charge < -0.3 is 20.5 Å². The minimum atomic E-state index is -0.148. The lowest BCUT2D eigenvalue weighted by molar-refractivity contribution is 0.102. The van der Waals surface area contributed by atoms with Crippen molar-refractivity contribution in [1.82, 2.24) is 5.32 Å². The van der Waals surface area contributed by atoms with Crippen molar-refractivity contribution in [2.45, 2.75) is 19.4 Å². The summed E-state index contributed by atoms with van der Waals surface area (Å²) in [4.78, 5) is 12.3. The standard InChI is InChI=1S/C20H24N2O3/c1-25-18-7-5-16(6-8-18)19(24)22-17-4-2-3-15(11-17)12-21-13-20(14-23)9-10-20/h2-8,11,21,23H,9-10,12-14H2,1H3,(H,22,24). The molecule has 0 heterocycles. The zero-order valence-corrected chi connectivity index (χ0v) is 14.4. The smallest absolute Gasteiger partial charge is 0.255 e. The number of aliphatic hydroxyl groups excluding tert-OH is 1. The number of methoxy groups -OCH3 is 1. The van der Waals surface area contributed by atoms with E-state index in [1.807, 2.05) is 24.3 Å². The third kappa shape index (κ3) is 4.59. The Morgan fingerprint density at radius 1 is 1.20 bits per heavy atom. The number of amides is 1. The number of hydrogen-bond acceptors (Lipinski definition) is 4. The van der Waals surface area contributed by atoms with E-state index >= 15 is 0 Å². The van der Waals surface area contributed by atoms with Crippen LogP contribution in [0.2, 0.25) is 0 Å². The molecule has 0 aromatic heterocycles. The van der Waals surface area contributed by atoms with Crippen molar-refractivity contribution in [3.8, 4) is 5.75 Å². The largest absolute Gasteiger partial charge is 0.497 e. The molecule has 0 saturated heterocycles. The summed E-state index contributed by atoms with van der Waals surface area (Å²) in [6.45, 7) is 1.79. The molecule has 1 aliphatic carbocycles. The summed E-state index contributed by atoms with van der Waals surface area (Å²) in [5, 5.41) is 15.7. The normalized spacial score (nSPS) is 14.8. The monoisotopic (exact) mass is 340 g/mol. The van der Waals surface area contributed by atoms with Crippen molar-refractivity contribution >= 4 is 11.6 Å². The summed E-state index contributed by atoms with van der Waals surface area (Å²) in [6.07, 6.45) is 2.18. The van der Waals surface area contributed by atoms with Gasteiger partial charge in [-0.1, -0.05) is 12.1 Å². The van der Waals surface area contributed by atoms with E-state index in [0.29, 0.717) is 12.1 Å². The van der Waals surface area contributed by atoms with Gasteiger partial charge >= 0.3 is 0 Å². The van der Waals surface area contributed by atoms with Crippen LogP contribution in [0.3, 0.4) is 0 Å². The predicted octanol–water partition coefficient (Wildman–Crippen LogP) is 2.81. The van der Waals surface area contributed by atoms with Gasteiger partial charge in [-0.05, 0) is 54.8 Å². The van der Waals surface area contributed by atoms with Crippen molar-refractivity contribution in [3.05, 3.63) is 59.7 Å². The molecule has 1 amide bonds. The topological polar surface area (TPSA) is 70.6 Å². The van der Waals surface area contributed by atoms with Gasteiger partial charge in [0.1, 0.15) is 5.75 Å². The second kappa shape index (κ2) is 7.68. The van der Waals surface area contributed by atoms with Gasteiger partial charge in [0, 0.05) is 36.4 Å². The Morgan fingerprint density at radius 3 is 2.60 bits per heavy atom. The Balaban J connectivity index is 1.56. The first-order valence-corrected chi connectivity index (χ1v) is 8.50. The minimum absolute atomic E-state index is 0.0974. The van der Waals surface area contributed by atoms with Gasteiger partial charge in [-0.3, -0.25) is 4.79 Å². The van der Waals surface area contributed by atoms with E-state index in [2.05, 4.69) is 10.6 Å². The van der Waals surface area contributed by atoms with Crippen molar-refractivity contribution in [3.63, 3.8) is 0 Å². The molecule has 5 heteroatoms. The second-order valence-corrected chi connectivity index (χ2v) is 6.64. The van der Waals surface area contributed by atoms with Crippen LogP contribution < -0.4 is 15.4 Å². The summed E-state index contributed by atoms with van der Waals surface area (Å²) < 4.78 is 5.10. The molecule has 25 heavy (non-hydrogen) atoms. The Bertz CT molecular complexity index is 724. The Morgan fingerprint density at radius 2 is 1.96 bits per heavy atom. The summed E-state index contributed by atoms with van der Waals surface area (Å²) >= 11 is 0. The van der Waals surface area contributed by atoms with Crippen LogP contribution in [-0.4, -0.2) is 31.3 Å². The van der Waals surface area contributed by atoms with E-state index < -0.39 is 0 Å². The number of hydrogen-bond donors (Lipinski definition) is 3. The van der Waals surface area contributed by atoms with Crippen LogP contribution in [0.5, 0.6) is 5.75 Å². The molecule has 1 saturated carbocycles. The van der Waals surface area contributed by atoms with E-state index in [9.17, 15) is 9.90 Å². The second-order valence-electron chi connectivity index (χ2n) is 6.64. The van der Waals surface area contributed by atoms with Gasteiger partial charge in [-0.15, -0.1) is 0 Å². The Labute approximate surface area is 148 Å². The van der Waals surface area contributed by atoms with E-state index in [-0.39, 0.29) is 17.9 Å². The molecule has 0 aliphatic heterocycles. The number of ether oxygens (including phenoxy) is 1. The molecular formula is C20H24N2O3. The molecule has 1 fully saturated rings. The van der Waals surface area contributed by atoms with E-state index in [4.69, 9.17) is 4.74 Å². The Hall–Kier alpha value is -2.37. The average molecular weight is 340 g/mol. The molecule has 3 rings (SSSR count). The highest BCUT2D eigenvalue weighted by Gasteiger charge is 2.41. The summed E-state index contributed by atoms with van der Waals surface area (Å²) in [5.41, 5.74) is 2.55. The number of nitrogens with one attached hydrogen (secondary N) is 2. The van der Waals surface area contributed by atoms with Gasteiger partial charge in [0.25, 0.3) is 5.91 Å². The van der Waals surface area contributed by atoms with Crippen molar-refractivity contribution < 1.29 is 14.6 Å².